The van der Waals surface area contributed by atoms with Gasteiger partial charge in [-0.1, -0.05) is 44.9 Å². The van der Waals surface area contributed by atoms with Crippen molar-refractivity contribution in [2.75, 3.05) is 30.3 Å². The summed E-state index contributed by atoms with van der Waals surface area (Å²) in [5, 5.41) is 0.543. The van der Waals surface area contributed by atoms with Crippen LogP contribution in [0.1, 0.15) is 78.7 Å². The number of thioether (sulfide) groups is 1. The topological polar surface area (TPSA) is 60.2 Å². The molecule has 190 valence electrons. The highest BCUT2D eigenvalue weighted by atomic mass is 32.2. The SMILES string of the molecule is CCCCC(CC)COC(=O)CCSc1ncc2c(n1)c(N1CCCC(F)(F)C1)cn2C(C)C. The minimum atomic E-state index is -2.69. The van der Waals surface area contributed by atoms with Crippen LogP contribution >= 0.6 is 11.8 Å². The molecule has 1 saturated heterocycles. The zero-order chi connectivity index (χ0) is 24.7. The van der Waals surface area contributed by atoms with E-state index in [2.05, 4.69) is 18.8 Å². The average Bonchev–Trinajstić information content (AvgIpc) is 3.18. The number of fused-ring (bicyclic) bond motifs is 1. The normalized spacial score (nSPS) is 16.9. The summed E-state index contributed by atoms with van der Waals surface area (Å²) in [7, 11) is 0. The standard InChI is InChI=1S/C25H38F2N4O2S/c1-5-7-9-19(6-2)16-33-22(32)10-13-34-24-28-14-20-23(29-24)21(15-31(20)18(3)4)30-12-8-11-25(26,27)17-30/h14-15,18-19H,5-13,16-17H2,1-4H3. The molecule has 1 unspecified atom stereocenters. The van der Waals surface area contributed by atoms with Crippen molar-refractivity contribution in [2.45, 2.75) is 89.8 Å². The molecule has 0 spiro atoms. The molecule has 1 aliphatic heterocycles. The summed E-state index contributed by atoms with van der Waals surface area (Å²) < 4.78 is 35.7. The average molecular weight is 497 g/mol. The maximum atomic E-state index is 14.1. The minimum Gasteiger partial charge on any atom is -0.465 e. The lowest BCUT2D eigenvalue weighted by molar-refractivity contribution is -0.144. The molecule has 0 bridgehead atoms. The van der Waals surface area contributed by atoms with Gasteiger partial charge in [0.05, 0.1) is 37.0 Å². The second kappa shape index (κ2) is 12.2. The molecule has 9 heteroatoms. The molecule has 0 aromatic carbocycles. The molecule has 0 saturated carbocycles. The second-order valence-corrected chi connectivity index (χ2v) is 10.5. The predicted molar refractivity (Wildman–Crippen MR) is 134 cm³/mol. The van der Waals surface area contributed by atoms with E-state index in [1.807, 2.05) is 24.6 Å². The number of nitrogens with zero attached hydrogens (tertiary/aromatic N) is 4. The van der Waals surface area contributed by atoms with Crippen LogP contribution in [0.5, 0.6) is 0 Å². The van der Waals surface area contributed by atoms with Crippen LogP contribution < -0.4 is 4.90 Å². The van der Waals surface area contributed by atoms with Gasteiger partial charge in [0.15, 0.2) is 5.16 Å². The third kappa shape index (κ3) is 7.06. The zero-order valence-corrected chi connectivity index (χ0v) is 21.7. The van der Waals surface area contributed by atoms with Gasteiger partial charge in [-0.25, -0.2) is 18.7 Å². The van der Waals surface area contributed by atoms with Gasteiger partial charge in [-0.2, -0.15) is 0 Å². The molecule has 1 fully saturated rings. The maximum Gasteiger partial charge on any atom is 0.306 e. The lowest BCUT2D eigenvalue weighted by Crippen LogP contribution is -2.42. The smallest absolute Gasteiger partial charge is 0.306 e. The zero-order valence-electron chi connectivity index (χ0n) is 20.9. The van der Waals surface area contributed by atoms with E-state index in [1.165, 1.54) is 11.8 Å². The summed E-state index contributed by atoms with van der Waals surface area (Å²) in [4.78, 5) is 23.1. The first-order valence-electron chi connectivity index (χ1n) is 12.5. The van der Waals surface area contributed by atoms with E-state index in [9.17, 15) is 13.6 Å². The van der Waals surface area contributed by atoms with Crippen LogP contribution in [0.4, 0.5) is 14.5 Å². The monoisotopic (exact) mass is 496 g/mol. The van der Waals surface area contributed by atoms with Gasteiger partial charge in [-0.05, 0) is 32.6 Å². The van der Waals surface area contributed by atoms with Crippen molar-refractivity contribution in [3.63, 3.8) is 0 Å². The largest absolute Gasteiger partial charge is 0.465 e. The highest BCUT2D eigenvalue weighted by molar-refractivity contribution is 7.99. The number of alkyl halides is 2. The Hall–Kier alpha value is -1.90. The van der Waals surface area contributed by atoms with E-state index >= 15 is 0 Å². The maximum absolute atomic E-state index is 14.1. The third-order valence-electron chi connectivity index (χ3n) is 6.38. The quantitative estimate of drug-likeness (QED) is 0.190. The highest BCUT2D eigenvalue weighted by Crippen LogP contribution is 2.36. The van der Waals surface area contributed by atoms with Crippen LogP contribution in [0.2, 0.25) is 0 Å². The van der Waals surface area contributed by atoms with E-state index < -0.39 is 5.92 Å². The Morgan fingerprint density at radius 3 is 2.79 bits per heavy atom. The molecule has 3 rings (SSSR count). The molecule has 2 aromatic rings. The molecule has 0 radical (unpaired) electrons. The Morgan fingerprint density at radius 2 is 2.12 bits per heavy atom. The molecule has 1 aliphatic rings. The molecule has 3 heterocycles. The number of hydrogen-bond donors (Lipinski definition) is 0. The Morgan fingerprint density at radius 1 is 1.32 bits per heavy atom. The van der Waals surface area contributed by atoms with E-state index in [0.717, 1.165) is 36.9 Å². The fourth-order valence-electron chi connectivity index (χ4n) is 4.31. The van der Waals surface area contributed by atoms with Gasteiger partial charge in [0, 0.05) is 31.0 Å². The van der Waals surface area contributed by atoms with Gasteiger partial charge in [-0.15, -0.1) is 0 Å². The Kier molecular flexibility index (Phi) is 9.56. The van der Waals surface area contributed by atoms with Crippen LogP contribution in [-0.4, -0.2) is 51.9 Å². The summed E-state index contributed by atoms with van der Waals surface area (Å²) in [5.74, 6) is -1.96. The van der Waals surface area contributed by atoms with Crippen molar-refractivity contribution in [2.24, 2.45) is 5.92 Å². The molecule has 0 aliphatic carbocycles. The van der Waals surface area contributed by atoms with Crippen molar-refractivity contribution < 1.29 is 18.3 Å². The number of ether oxygens (including phenoxy) is 1. The fourth-order valence-corrected chi connectivity index (χ4v) is 5.04. The molecule has 2 aromatic heterocycles. The number of carbonyl (C=O) groups excluding carboxylic acids is 1. The lowest BCUT2D eigenvalue weighted by atomic mass is 10.0. The van der Waals surface area contributed by atoms with E-state index in [1.54, 1.807) is 11.1 Å². The number of anilines is 1. The van der Waals surface area contributed by atoms with E-state index in [0.29, 0.717) is 41.9 Å². The van der Waals surface area contributed by atoms with Gasteiger partial charge in [0.2, 0.25) is 0 Å². The van der Waals surface area contributed by atoms with Gasteiger partial charge in [0.25, 0.3) is 5.92 Å². The van der Waals surface area contributed by atoms with Crippen LogP contribution in [0.15, 0.2) is 17.6 Å². The van der Waals surface area contributed by atoms with Crippen LogP contribution in [0.25, 0.3) is 11.0 Å². The first-order valence-corrected chi connectivity index (χ1v) is 13.5. The summed E-state index contributed by atoms with van der Waals surface area (Å²) in [5.41, 5.74) is 2.25. The van der Waals surface area contributed by atoms with Crippen molar-refractivity contribution in [3.05, 3.63) is 12.4 Å². The van der Waals surface area contributed by atoms with Gasteiger partial charge >= 0.3 is 5.97 Å². The number of piperidine rings is 1. The molecule has 0 amide bonds. The predicted octanol–water partition coefficient (Wildman–Crippen LogP) is 6.49. The van der Waals surface area contributed by atoms with Crippen LogP contribution in [0.3, 0.4) is 0 Å². The number of hydrogen-bond acceptors (Lipinski definition) is 6. The molecular formula is C25H38F2N4O2S. The van der Waals surface area contributed by atoms with Gasteiger partial charge in [-0.3, -0.25) is 4.79 Å². The number of halogens is 2. The molecule has 1 atom stereocenters. The van der Waals surface area contributed by atoms with Crippen LogP contribution in [-0.2, 0) is 9.53 Å². The van der Waals surface area contributed by atoms with Gasteiger partial charge in [0.1, 0.15) is 5.52 Å². The molecular weight excluding hydrogens is 458 g/mol. The minimum absolute atomic E-state index is 0.0733. The molecule has 0 N–H and O–H groups in total. The summed E-state index contributed by atoms with van der Waals surface area (Å²) in [6, 6.07) is 0.155. The van der Waals surface area contributed by atoms with Crippen molar-refractivity contribution >= 4 is 34.5 Å². The lowest BCUT2D eigenvalue weighted by Gasteiger charge is -2.33. The van der Waals surface area contributed by atoms with Crippen LogP contribution in [0, 0.1) is 5.92 Å². The molecule has 6 nitrogen and oxygen atoms in total. The van der Waals surface area contributed by atoms with Crippen molar-refractivity contribution in [3.8, 4) is 0 Å². The van der Waals surface area contributed by atoms with E-state index in [-0.39, 0.29) is 31.4 Å². The van der Waals surface area contributed by atoms with Gasteiger partial charge < -0.3 is 14.2 Å². The fraction of sp³-hybridized carbons (Fsp3) is 0.720. The Labute approximate surface area is 205 Å². The molecule has 34 heavy (non-hydrogen) atoms. The van der Waals surface area contributed by atoms with E-state index in [4.69, 9.17) is 9.72 Å². The highest BCUT2D eigenvalue weighted by Gasteiger charge is 2.36. The summed E-state index contributed by atoms with van der Waals surface area (Å²) in [6.07, 6.45) is 8.74. The first-order chi connectivity index (χ1) is 16.2. The number of rotatable bonds is 12. The summed E-state index contributed by atoms with van der Waals surface area (Å²) >= 11 is 1.39. The number of unbranched alkanes of at least 4 members (excludes halogenated alkanes) is 1. The first kappa shape index (κ1) is 26.7. The number of aromatic nitrogens is 3. The number of esters is 1. The Balaban J connectivity index is 1.64. The number of carbonyl (C=O) groups is 1. The van der Waals surface area contributed by atoms with Crippen molar-refractivity contribution in [1.82, 2.24) is 14.5 Å². The summed E-state index contributed by atoms with van der Waals surface area (Å²) in [6.45, 7) is 9.17. The Bertz CT molecular complexity index is 950. The van der Waals surface area contributed by atoms with Crippen molar-refractivity contribution in [1.29, 1.82) is 0 Å². The second-order valence-electron chi connectivity index (χ2n) is 9.48. The third-order valence-corrected chi connectivity index (χ3v) is 7.24.